The molecule has 1 N–H and O–H groups in total. The van der Waals surface area contributed by atoms with E-state index in [2.05, 4.69) is 35.1 Å². The molecule has 100 valence electrons. The molecule has 0 saturated heterocycles. The second-order valence-electron chi connectivity index (χ2n) is 4.40. The van der Waals surface area contributed by atoms with Crippen molar-refractivity contribution in [3.63, 3.8) is 0 Å². The van der Waals surface area contributed by atoms with Crippen LogP contribution in [0, 0.1) is 11.7 Å². The van der Waals surface area contributed by atoms with Gasteiger partial charge in [-0.25, -0.2) is 4.39 Å². The summed E-state index contributed by atoms with van der Waals surface area (Å²) in [6.45, 7) is 4.72. The molecular weight excluding hydrogens is 301 g/mol. The number of nitrogens with one attached hydrogen (secondary N) is 1. The molecule has 0 spiro atoms. The van der Waals surface area contributed by atoms with Gasteiger partial charge in [-0.05, 0) is 40.4 Å². The van der Waals surface area contributed by atoms with Crippen molar-refractivity contribution in [1.29, 1.82) is 0 Å². The number of carbonyl (C=O) groups is 1. The summed E-state index contributed by atoms with van der Waals surface area (Å²) in [5.74, 6) is 0.285. The standard InChI is InChI=1S/C13H17BrFNO2/c1-9(2)5-6-16-13(17)8-18-10-3-4-11(14)12(15)7-10/h3-4,7,9H,5-6,8H2,1-2H3,(H,16,17). The number of amides is 1. The van der Waals surface area contributed by atoms with Gasteiger partial charge < -0.3 is 10.1 Å². The summed E-state index contributed by atoms with van der Waals surface area (Å²) < 4.78 is 18.7. The van der Waals surface area contributed by atoms with Gasteiger partial charge in [-0.3, -0.25) is 4.79 Å². The first-order valence-electron chi connectivity index (χ1n) is 5.83. The number of benzene rings is 1. The van der Waals surface area contributed by atoms with Gasteiger partial charge in [0, 0.05) is 12.6 Å². The zero-order valence-electron chi connectivity index (χ0n) is 10.5. The van der Waals surface area contributed by atoms with Crippen molar-refractivity contribution >= 4 is 21.8 Å². The van der Waals surface area contributed by atoms with Crippen LogP contribution in [0.1, 0.15) is 20.3 Å². The molecule has 18 heavy (non-hydrogen) atoms. The Hall–Kier alpha value is -1.10. The first-order chi connectivity index (χ1) is 8.49. The first-order valence-corrected chi connectivity index (χ1v) is 6.63. The number of carbonyl (C=O) groups excluding carboxylic acids is 1. The highest BCUT2D eigenvalue weighted by atomic mass is 79.9. The lowest BCUT2D eigenvalue weighted by atomic mass is 10.1. The second kappa shape index (κ2) is 7.36. The summed E-state index contributed by atoms with van der Waals surface area (Å²) in [7, 11) is 0. The van der Waals surface area contributed by atoms with E-state index >= 15 is 0 Å². The topological polar surface area (TPSA) is 38.3 Å². The van der Waals surface area contributed by atoms with Gasteiger partial charge in [-0.2, -0.15) is 0 Å². The molecule has 0 saturated carbocycles. The van der Waals surface area contributed by atoms with Gasteiger partial charge in [0.1, 0.15) is 11.6 Å². The van der Waals surface area contributed by atoms with Gasteiger partial charge in [0.25, 0.3) is 5.91 Å². The smallest absolute Gasteiger partial charge is 0.257 e. The minimum atomic E-state index is -0.410. The van der Waals surface area contributed by atoms with Crippen LogP contribution < -0.4 is 10.1 Å². The van der Waals surface area contributed by atoms with Crippen molar-refractivity contribution in [1.82, 2.24) is 5.32 Å². The van der Waals surface area contributed by atoms with Crippen molar-refractivity contribution < 1.29 is 13.9 Å². The SMILES string of the molecule is CC(C)CCNC(=O)COc1ccc(Br)c(F)c1. The Bertz CT molecular complexity index is 410. The van der Waals surface area contributed by atoms with Gasteiger partial charge in [0.15, 0.2) is 6.61 Å². The molecule has 0 aromatic heterocycles. The Morgan fingerprint density at radius 3 is 2.83 bits per heavy atom. The lowest BCUT2D eigenvalue weighted by Gasteiger charge is -2.09. The lowest BCUT2D eigenvalue weighted by Crippen LogP contribution is -2.30. The molecule has 1 aromatic rings. The van der Waals surface area contributed by atoms with Crippen LogP contribution in [0.5, 0.6) is 5.75 Å². The predicted molar refractivity (Wildman–Crippen MR) is 72.1 cm³/mol. The minimum absolute atomic E-state index is 0.0980. The second-order valence-corrected chi connectivity index (χ2v) is 5.25. The van der Waals surface area contributed by atoms with Crippen LogP contribution in [0.25, 0.3) is 0 Å². The van der Waals surface area contributed by atoms with E-state index in [-0.39, 0.29) is 12.5 Å². The molecule has 0 unspecified atom stereocenters. The average Bonchev–Trinajstić information content (AvgIpc) is 2.30. The molecule has 0 aliphatic heterocycles. The lowest BCUT2D eigenvalue weighted by molar-refractivity contribution is -0.123. The van der Waals surface area contributed by atoms with E-state index in [1.54, 1.807) is 12.1 Å². The van der Waals surface area contributed by atoms with E-state index in [1.807, 2.05) is 0 Å². The molecule has 0 aliphatic carbocycles. The molecule has 3 nitrogen and oxygen atoms in total. The summed E-state index contributed by atoms with van der Waals surface area (Å²) in [6, 6.07) is 4.39. The van der Waals surface area contributed by atoms with Crippen molar-refractivity contribution in [2.45, 2.75) is 20.3 Å². The molecule has 0 aliphatic rings. The van der Waals surface area contributed by atoms with Gasteiger partial charge >= 0.3 is 0 Å². The summed E-state index contributed by atoms with van der Waals surface area (Å²) in [5, 5.41) is 2.74. The Kier molecular flexibility index (Phi) is 6.12. The Morgan fingerprint density at radius 2 is 2.22 bits per heavy atom. The van der Waals surface area contributed by atoms with E-state index in [0.717, 1.165) is 6.42 Å². The maximum absolute atomic E-state index is 13.2. The predicted octanol–water partition coefficient (Wildman–Crippen LogP) is 3.13. The van der Waals surface area contributed by atoms with E-state index in [0.29, 0.717) is 22.7 Å². The van der Waals surface area contributed by atoms with Gasteiger partial charge in [0.2, 0.25) is 0 Å². The molecular formula is C13H17BrFNO2. The van der Waals surface area contributed by atoms with E-state index in [4.69, 9.17) is 4.74 Å². The number of ether oxygens (including phenoxy) is 1. The third kappa shape index (κ3) is 5.49. The maximum Gasteiger partial charge on any atom is 0.257 e. The fraction of sp³-hybridized carbons (Fsp3) is 0.462. The summed E-state index contributed by atoms with van der Waals surface area (Å²) in [6.07, 6.45) is 0.929. The third-order valence-electron chi connectivity index (χ3n) is 2.30. The van der Waals surface area contributed by atoms with Crippen molar-refractivity contribution in [3.05, 3.63) is 28.5 Å². The molecule has 1 amide bonds. The highest BCUT2D eigenvalue weighted by Gasteiger charge is 2.05. The Morgan fingerprint density at radius 1 is 1.50 bits per heavy atom. The summed E-state index contributed by atoms with van der Waals surface area (Å²) >= 11 is 3.05. The monoisotopic (exact) mass is 317 g/mol. The molecule has 5 heteroatoms. The molecule has 1 rings (SSSR count). The van der Waals surface area contributed by atoms with Gasteiger partial charge in [-0.1, -0.05) is 13.8 Å². The van der Waals surface area contributed by atoms with Crippen LogP contribution >= 0.6 is 15.9 Å². The van der Waals surface area contributed by atoms with E-state index < -0.39 is 5.82 Å². The largest absolute Gasteiger partial charge is 0.484 e. The Balaban J connectivity index is 2.31. The highest BCUT2D eigenvalue weighted by Crippen LogP contribution is 2.20. The number of hydrogen-bond acceptors (Lipinski definition) is 2. The van der Waals surface area contributed by atoms with Gasteiger partial charge in [0.05, 0.1) is 4.47 Å². The molecule has 0 heterocycles. The first kappa shape index (κ1) is 15.0. The highest BCUT2D eigenvalue weighted by molar-refractivity contribution is 9.10. The quantitative estimate of drug-likeness (QED) is 0.875. The van der Waals surface area contributed by atoms with Crippen molar-refractivity contribution in [3.8, 4) is 5.75 Å². The number of hydrogen-bond donors (Lipinski definition) is 1. The third-order valence-corrected chi connectivity index (χ3v) is 2.95. The Labute approximate surface area is 115 Å². The van der Waals surface area contributed by atoms with E-state index in [1.165, 1.54) is 6.07 Å². The van der Waals surface area contributed by atoms with Crippen molar-refractivity contribution in [2.75, 3.05) is 13.2 Å². The summed E-state index contributed by atoms with van der Waals surface area (Å²) in [4.78, 5) is 11.4. The molecule has 0 radical (unpaired) electrons. The fourth-order valence-electron chi connectivity index (χ4n) is 1.27. The minimum Gasteiger partial charge on any atom is -0.484 e. The summed E-state index contributed by atoms with van der Waals surface area (Å²) in [5.41, 5.74) is 0. The van der Waals surface area contributed by atoms with Crippen LogP contribution in [0.15, 0.2) is 22.7 Å². The van der Waals surface area contributed by atoms with Gasteiger partial charge in [-0.15, -0.1) is 0 Å². The van der Waals surface area contributed by atoms with Crippen LogP contribution in [-0.4, -0.2) is 19.1 Å². The number of halogens is 2. The van der Waals surface area contributed by atoms with Crippen LogP contribution in [0.3, 0.4) is 0 Å². The molecule has 0 bridgehead atoms. The average molecular weight is 318 g/mol. The molecule has 1 aromatic carbocycles. The zero-order valence-corrected chi connectivity index (χ0v) is 12.1. The van der Waals surface area contributed by atoms with Crippen LogP contribution in [0.2, 0.25) is 0 Å². The molecule has 0 fully saturated rings. The molecule has 0 atom stereocenters. The van der Waals surface area contributed by atoms with E-state index in [9.17, 15) is 9.18 Å². The van der Waals surface area contributed by atoms with Crippen LogP contribution in [0.4, 0.5) is 4.39 Å². The normalized spacial score (nSPS) is 10.5. The van der Waals surface area contributed by atoms with Crippen molar-refractivity contribution in [2.24, 2.45) is 5.92 Å². The fourth-order valence-corrected chi connectivity index (χ4v) is 1.51. The maximum atomic E-state index is 13.2. The van der Waals surface area contributed by atoms with Crippen LogP contribution in [-0.2, 0) is 4.79 Å². The number of rotatable bonds is 6. The zero-order chi connectivity index (χ0) is 13.5.